The fourth-order valence-corrected chi connectivity index (χ4v) is 2.74. The van der Waals surface area contributed by atoms with Crippen LogP contribution in [0.1, 0.15) is 33.7 Å². The summed E-state index contributed by atoms with van der Waals surface area (Å²) in [6, 6.07) is 1.59. The molecule has 0 fully saturated rings. The van der Waals surface area contributed by atoms with E-state index in [0.29, 0.717) is 10.8 Å². The Hall–Kier alpha value is -1.53. The molecule has 0 aliphatic heterocycles. The maximum Gasteiger partial charge on any atom is 0.276 e. The Labute approximate surface area is 120 Å². The normalized spacial score (nSPS) is 10.5. The highest BCUT2D eigenvalue weighted by atomic mass is 35.5. The first-order valence-corrected chi connectivity index (χ1v) is 6.98. The molecule has 0 saturated carbocycles. The van der Waals surface area contributed by atoms with Gasteiger partial charge in [-0.25, -0.2) is 15.0 Å². The lowest BCUT2D eigenvalue weighted by Crippen LogP contribution is -2.14. The largest absolute Gasteiger partial charge is 0.296 e. The number of thiazole rings is 1. The maximum atomic E-state index is 12.0. The molecule has 2 heterocycles. The number of amides is 1. The van der Waals surface area contributed by atoms with Crippen LogP contribution in [-0.4, -0.2) is 20.9 Å². The van der Waals surface area contributed by atoms with Gasteiger partial charge in [-0.15, -0.1) is 11.3 Å². The Bertz CT molecular complexity index is 606. The monoisotopic (exact) mass is 296 g/mol. The van der Waals surface area contributed by atoms with Crippen molar-refractivity contribution < 1.29 is 4.79 Å². The predicted molar refractivity (Wildman–Crippen MR) is 76.0 cm³/mol. The molecule has 7 heteroatoms. The van der Waals surface area contributed by atoms with E-state index in [0.717, 1.165) is 17.0 Å². The van der Waals surface area contributed by atoms with E-state index < -0.39 is 0 Å². The van der Waals surface area contributed by atoms with Gasteiger partial charge < -0.3 is 0 Å². The summed E-state index contributed by atoms with van der Waals surface area (Å²) >= 11 is 7.18. The third-order valence-electron chi connectivity index (χ3n) is 2.51. The molecule has 19 heavy (non-hydrogen) atoms. The van der Waals surface area contributed by atoms with E-state index in [4.69, 9.17) is 11.6 Å². The summed E-state index contributed by atoms with van der Waals surface area (Å²) in [5, 5.41) is 3.37. The van der Waals surface area contributed by atoms with Crippen molar-refractivity contribution in [3.8, 4) is 0 Å². The van der Waals surface area contributed by atoms with Gasteiger partial charge in [-0.1, -0.05) is 6.92 Å². The molecule has 2 aromatic heterocycles. The summed E-state index contributed by atoms with van der Waals surface area (Å²) < 4.78 is 0. The van der Waals surface area contributed by atoms with Crippen molar-refractivity contribution >= 4 is 34.0 Å². The summed E-state index contributed by atoms with van der Waals surface area (Å²) in [5.41, 5.74) is 1.88. The molecule has 5 nitrogen and oxygen atoms in total. The SMILES string of the molecule is CCc1nc(NC(=O)c2cc(C)nc(Cl)n2)sc1C. The van der Waals surface area contributed by atoms with Crippen LogP contribution in [0.2, 0.25) is 5.28 Å². The lowest BCUT2D eigenvalue weighted by Gasteiger charge is -2.02. The number of nitrogens with one attached hydrogen (secondary N) is 1. The number of carbonyl (C=O) groups is 1. The zero-order valence-electron chi connectivity index (χ0n) is 10.8. The minimum atomic E-state index is -0.330. The number of halogens is 1. The number of nitrogens with zero attached hydrogens (tertiary/aromatic N) is 3. The standard InChI is InChI=1S/C12H13ClN4OS/c1-4-8-7(3)19-12(16-8)17-10(18)9-5-6(2)14-11(13)15-9/h5H,4H2,1-3H3,(H,16,17,18). The molecule has 2 aromatic rings. The zero-order valence-corrected chi connectivity index (χ0v) is 12.4. The van der Waals surface area contributed by atoms with Crippen molar-refractivity contribution in [1.29, 1.82) is 0 Å². The second-order valence-corrected chi connectivity index (χ2v) is 5.53. The number of carbonyl (C=O) groups excluding carboxylic acids is 1. The summed E-state index contributed by atoms with van der Waals surface area (Å²) in [6.45, 7) is 5.77. The molecule has 0 aliphatic carbocycles. The molecule has 0 aliphatic rings. The quantitative estimate of drug-likeness (QED) is 0.884. The van der Waals surface area contributed by atoms with Crippen LogP contribution in [0.25, 0.3) is 0 Å². The molecule has 2 rings (SSSR count). The molecule has 1 amide bonds. The van der Waals surface area contributed by atoms with E-state index in [2.05, 4.69) is 20.3 Å². The fourth-order valence-electron chi connectivity index (χ4n) is 1.62. The number of aromatic nitrogens is 3. The van der Waals surface area contributed by atoms with Crippen LogP contribution < -0.4 is 5.32 Å². The molecule has 0 saturated heterocycles. The smallest absolute Gasteiger partial charge is 0.276 e. The van der Waals surface area contributed by atoms with Gasteiger partial charge in [0.15, 0.2) is 5.13 Å². The Morgan fingerprint density at radius 3 is 2.68 bits per heavy atom. The number of hydrogen-bond acceptors (Lipinski definition) is 5. The minimum absolute atomic E-state index is 0.0646. The van der Waals surface area contributed by atoms with Gasteiger partial charge in [0.25, 0.3) is 5.91 Å². The van der Waals surface area contributed by atoms with Gasteiger partial charge in [-0.05, 0) is 37.9 Å². The molecule has 0 unspecified atom stereocenters. The Morgan fingerprint density at radius 1 is 1.37 bits per heavy atom. The third kappa shape index (κ3) is 3.27. The van der Waals surface area contributed by atoms with Gasteiger partial charge >= 0.3 is 0 Å². The van der Waals surface area contributed by atoms with Crippen molar-refractivity contribution in [2.24, 2.45) is 0 Å². The summed E-state index contributed by atoms with van der Waals surface area (Å²) in [4.78, 5) is 25.3. The number of rotatable bonds is 3. The first-order valence-electron chi connectivity index (χ1n) is 5.78. The van der Waals surface area contributed by atoms with Crippen LogP contribution in [0.15, 0.2) is 6.07 Å². The van der Waals surface area contributed by atoms with Crippen LogP contribution >= 0.6 is 22.9 Å². The topological polar surface area (TPSA) is 67.8 Å². The highest BCUT2D eigenvalue weighted by Gasteiger charge is 2.13. The van der Waals surface area contributed by atoms with Gasteiger partial charge in [0, 0.05) is 10.6 Å². The van der Waals surface area contributed by atoms with Crippen molar-refractivity contribution in [3.05, 3.63) is 33.3 Å². The van der Waals surface area contributed by atoms with Crippen molar-refractivity contribution in [2.75, 3.05) is 5.32 Å². The lowest BCUT2D eigenvalue weighted by atomic mass is 10.3. The average molecular weight is 297 g/mol. The lowest BCUT2D eigenvalue weighted by molar-refractivity contribution is 0.102. The van der Waals surface area contributed by atoms with Gasteiger partial charge in [0.05, 0.1) is 5.69 Å². The second kappa shape index (κ2) is 5.63. The molecule has 0 bridgehead atoms. The zero-order chi connectivity index (χ0) is 14.0. The van der Waals surface area contributed by atoms with Crippen LogP contribution in [0, 0.1) is 13.8 Å². The minimum Gasteiger partial charge on any atom is -0.296 e. The third-order valence-corrected chi connectivity index (χ3v) is 3.61. The number of aryl methyl sites for hydroxylation is 3. The fraction of sp³-hybridized carbons (Fsp3) is 0.333. The first kappa shape index (κ1) is 13.9. The second-order valence-electron chi connectivity index (χ2n) is 3.99. The average Bonchev–Trinajstić information content (AvgIpc) is 2.68. The van der Waals surface area contributed by atoms with Crippen molar-refractivity contribution in [1.82, 2.24) is 15.0 Å². The van der Waals surface area contributed by atoms with E-state index in [1.807, 2.05) is 13.8 Å². The summed E-state index contributed by atoms with van der Waals surface area (Å²) in [6.07, 6.45) is 0.844. The molecule has 100 valence electrons. The van der Waals surface area contributed by atoms with Gasteiger partial charge in [0.2, 0.25) is 5.28 Å². The number of hydrogen-bond donors (Lipinski definition) is 1. The van der Waals surface area contributed by atoms with Gasteiger partial charge in [0.1, 0.15) is 5.69 Å². The van der Waals surface area contributed by atoms with Crippen LogP contribution in [0.4, 0.5) is 5.13 Å². The highest BCUT2D eigenvalue weighted by molar-refractivity contribution is 7.15. The molecule has 0 aromatic carbocycles. The highest BCUT2D eigenvalue weighted by Crippen LogP contribution is 2.22. The Morgan fingerprint density at radius 2 is 2.11 bits per heavy atom. The van der Waals surface area contributed by atoms with Gasteiger partial charge in [-0.3, -0.25) is 10.1 Å². The van der Waals surface area contributed by atoms with Gasteiger partial charge in [-0.2, -0.15) is 0 Å². The van der Waals surface area contributed by atoms with Crippen LogP contribution in [-0.2, 0) is 6.42 Å². The summed E-state index contributed by atoms with van der Waals surface area (Å²) in [7, 11) is 0. The molecular formula is C12H13ClN4OS. The Balaban J connectivity index is 2.20. The molecule has 0 spiro atoms. The van der Waals surface area contributed by atoms with Crippen molar-refractivity contribution in [3.63, 3.8) is 0 Å². The van der Waals surface area contributed by atoms with E-state index in [1.165, 1.54) is 11.3 Å². The maximum absolute atomic E-state index is 12.0. The molecule has 1 N–H and O–H groups in total. The van der Waals surface area contributed by atoms with Crippen LogP contribution in [0.3, 0.4) is 0 Å². The van der Waals surface area contributed by atoms with Crippen LogP contribution in [0.5, 0.6) is 0 Å². The first-order chi connectivity index (χ1) is 8.99. The van der Waals surface area contributed by atoms with Crippen molar-refractivity contribution in [2.45, 2.75) is 27.2 Å². The molecule has 0 atom stereocenters. The van der Waals surface area contributed by atoms with E-state index in [-0.39, 0.29) is 16.9 Å². The molecular weight excluding hydrogens is 284 g/mol. The summed E-state index contributed by atoms with van der Waals surface area (Å²) in [5.74, 6) is -0.330. The Kier molecular flexibility index (Phi) is 4.11. The predicted octanol–water partition coefficient (Wildman–Crippen LogP) is 3.02. The molecule has 0 radical (unpaired) electrons. The van der Waals surface area contributed by atoms with E-state index in [1.54, 1.807) is 13.0 Å². The number of anilines is 1. The van der Waals surface area contributed by atoms with E-state index in [9.17, 15) is 4.79 Å². The van der Waals surface area contributed by atoms with E-state index >= 15 is 0 Å².